The molecule has 3 N–H and O–H groups in total. The highest BCUT2D eigenvalue weighted by Crippen LogP contribution is 2.22. The molecule has 116 valence electrons. The monoisotopic (exact) mass is 292 g/mol. The van der Waals surface area contributed by atoms with Gasteiger partial charge in [-0.3, -0.25) is 14.7 Å². The summed E-state index contributed by atoms with van der Waals surface area (Å²) in [6.07, 6.45) is 2.67. The molecular weight excluding hydrogens is 268 g/mol. The number of hydrogen-bond acceptors (Lipinski definition) is 5. The summed E-state index contributed by atoms with van der Waals surface area (Å²) >= 11 is 0. The zero-order chi connectivity index (χ0) is 15.1. The molecular formula is C15H24N4O2. The van der Waals surface area contributed by atoms with Gasteiger partial charge in [-0.1, -0.05) is 13.0 Å². The molecule has 6 nitrogen and oxygen atoms in total. The van der Waals surface area contributed by atoms with Crippen LogP contribution in [0.4, 0.5) is 0 Å². The summed E-state index contributed by atoms with van der Waals surface area (Å²) in [5.74, 6) is 0.00549. The van der Waals surface area contributed by atoms with E-state index < -0.39 is 0 Å². The Balaban J connectivity index is 2.14. The molecule has 1 aliphatic rings. The van der Waals surface area contributed by atoms with Gasteiger partial charge in [0.05, 0.1) is 24.9 Å². The third-order valence-electron chi connectivity index (χ3n) is 3.67. The molecule has 2 unspecified atom stereocenters. The number of pyridine rings is 1. The lowest BCUT2D eigenvalue weighted by atomic mass is 10.1. The van der Waals surface area contributed by atoms with E-state index in [0.29, 0.717) is 32.8 Å². The third-order valence-corrected chi connectivity index (χ3v) is 3.67. The molecule has 21 heavy (non-hydrogen) atoms. The maximum Gasteiger partial charge on any atom is 0.239 e. The molecule has 1 saturated heterocycles. The lowest BCUT2D eigenvalue weighted by Gasteiger charge is -2.39. The zero-order valence-electron chi connectivity index (χ0n) is 12.5. The second-order valence-corrected chi connectivity index (χ2v) is 5.13. The van der Waals surface area contributed by atoms with Crippen molar-refractivity contribution < 1.29 is 9.53 Å². The molecule has 2 heterocycles. The molecule has 0 saturated carbocycles. The second-order valence-electron chi connectivity index (χ2n) is 5.13. The summed E-state index contributed by atoms with van der Waals surface area (Å²) in [6.45, 7) is 4.84. The van der Waals surface area contributed by atoms with E-state index in [2.05, 4.69) is 15.2 Å². The smallest absolute Gasteiger partial charge is 0.239 e. The minimum atomic E-state index is -0.305. The molecule has 0 aromatic carbocycles. The molecule has 2 rings (SSSR count). The van der Waals surface area contributed by atoms with Crippen LogP contribution in [0, 0.1) is 0 Å². The molecule has 1 aliphatic heterocycles. The maximum absolute atomic E-state index is 12.3. The Hall–Kier alpha value is -1.50. The summed E-state index contributed by atoms with van der Waals surface area (Å²) in [5.41, 5.74) is 6.84. The van der Waals surface area contributed by atoms with Crippen LogP contribution in [-0.2, 0) is 9.53 Å². The fourth-order valence-electron chi connectivity index (χ4n) is 2.58. The van der Waals surface area contributed by atoms with Gasteiger partial charge < -0.3 is 15.8 Å². The number of rotatable bonds is 6. The van der Waals surface area contributed by atoms with E-state index in [1.165, 1.54) is 0 Å². The van der Waals surface area contributed by atoms with Gasteiger partial charge in [0.15, 0.2) is 0 Å². The summed E-state index contributed by atoms with van der Waals surface area (Å²) in [5, 5.41) is 2.94. The predicted molar refractivity (Wildman–Crippen MR) is 80.6 cm³/mol. The van der Waals surface area contributed by atoms with Crippen molar-refractivity contribution in [2.45, 2.75) is 25.4 Å². The number of nitrogens with one attached hydrogen (secondary N) is 1. The van der Waals surface area contributed by atoms with Gasteiger partial charge in [0.2, 0.25) is 5.91 Å². The number of amides is 1. The van der Waals surface area contributed by atoms with Gasteiger partial charge in [-0.2, -0.15) is 0 Å². The Bertz CT molecular complexity index is 441. The number of nitrogens with zero attached hydrogens (tertiary/aromatic N) is 2. The van der Waals surface area contributed by atoms with Gasteiger partial charge in [-0.05, 0) is 18.6 Å². The Labute approximate surface area is 125 Å². The molecule has 1 fully saturated rings. The van der Waals surface area contributed by atoms with E-state index in [9.17, 15) is 4.79 Å². The van der Waals surface area contributed by atoms with Gasteiger partial charge in [-0.25, -0.2) is 0 Å². The first-order chi connectivity index (χ1) is 10.3. The van der Waals surface area contributed by atoms with Gasteiger partial charge in [0.25, 0.3) is 0 Å². The number of carbonyl (C=O) groups excluding carboxylic acids is 1. The van der Waals surface area contributed by atoms with Gasteiger partial charge in [-0.15, -0.1) is 0 Å². The van der Waals surface area contributed by atoms with Crippen molar-refractivity contribution >= 4 is 5.91 Å². The number of aromatic nitrogens is 1. The average Bonchev–Trinajstić information content (AvgIpc) is 2.55. The zero-order valence-corrected chi connectivity index (χ0v) is 12.5. The van der Waals surface area contributed by atoms with Crippen LogP contribution in [0.1, 0.15) is 25.1 Å². The molecule has 0 spiro atoms. The fourth-order valence-corrected chi connectivity index (χ4v) is 2.58. The molecule has 6 heteroatoms. The minimum absolute atomic E-state index is 0.00549. The van der Waals surface area contributed by atoms with Gasteiger partial charge in [0, 0.05) is 25.8 Å². The van der Waals surface area contributed by atoms with Gasteiger partial charge >= 0.3 is 0 Å². The van der Waals surface area contributed by atoms with E-state index in [1.54, 1.807) is 6.20 Å². The summed E-state index contributed by atoms with van der Waals surface area (Å²) < 4.78 is 5.48. The van der Waals surface area contributed by atoms with E-state index in [0.717, 1.165) is 12.1 Å². The van der Waals surface area contributed by atoms with Crippen LogP contribution in [0.5, 0.6) is 0 Å². The van der Waals surface area contributed by atoms with E-state index in [1.807, 2.05) is 25.1 Å². The van der Waals surface area contributed by atoms with Crippen molar-refractivity contribution in [3.05, 3.63) is 30.1 Å². The highest BCUT2D eigenvalue weighted by molar-refractivity contribution is 5.82. The van der Waals surface area contributed by atoms with Crippen LogP contribution in [0.3, 0.4) is 0 Å². The highest BCUT2D eigenvalue weighted by Gasteiger charge is 2.34. The summed E-state index contributed by atoms with van der Waals surface area (Å²) in [4.78, 5) is 18.8. The minimum Gasteiger partial charge on any atom is -0.378 e. The van der Waals surface area contributed by atoms with Crippen molar-refractivity contribution in [2.24, 2.45) is 5.73 Å². The van der Waals surface area contributed by atoms with Crippen LogP contribution in [0.2, 0.25) is 0 Å². The molecule has 0 aliphatic carbocycles. The maximum atomic E-state index is 12.3. The number of nitrogens with two attached hydrogens (primary N) is 1. The number of ether oxygens (including phenoxy) is 1. The average molecular weight is 292 g/mol. The summed E-state index contributed by atoms with van der Waals surface area (Å²) in [6, 6.07) is 5.40. The normalized spacial score (nSPS) is 21.0. The Morgan fingerprint density at radius 2 is 2.48 bits per heavy atom. The van der Waals surface area contributed by atoms with Crippen LogP contribution < -0.4 is 11.1 Å². The Morgan fingerprint density at radius 3 is 3.14 bits per heavy atom. The Kier molecular flexibility index (Phi) is 6.10. The van der Waals surface area contributed by atoms with Crippen LogP contribution in [0.15, 0.2) is 24.4 Å². The lowest BCUT2D eigenvalue weighted by Crippen LogP contribution is -2.56. The molecule has 0 bridgehead atoms. The first-order valence-electron chi connectivity index (χ1n) is 7.50. The van der Waals surface area contributed by atoms with Crippen molar-refractivity contribution in [2.75, 3.05) is 32.8 Å². The quantitative estimate of drug-likeness (QED) is 0.788. The highest BCUT2D eigenvalue weighted by atomic mass is 16.5. The lowest BCUT2D eigenvalue weighted by molar-refractivity contribution is -0.134. The molecule has 1 aromatic heterocycles. The molecule has 2 atom stereocenters. The first kappa shape index (κ1) is 15.9. The predicted octanol–water partition coefficient (Wildman–Crippen LogP) is 0.308. The van der Waals surface area contributed by atoms with E-state index >= 15 is 0 Å². The first-order valence-corrected chi connectivity index (χ1v) is 7.50. The van der Waals surface area contributed by atoms with Crippen molar-refractivity contribution in [1.29, 1.82) is 0 Å². The van der Waals surface area contributed by atoms with Gasteiger partial charge in [0.1, 0.15) is 6.04 Å². The standard InChI is InChI=1S/C15H24N4O2/c1-2-6-18-15(20)14-11-21-9-8-19(14)13(10-16)12-5-3-4-7-17-12/h3-5,7,13-14H,2,6,8-11,16H2,1H3,(H,18,20). The van der Waals surface area contributed by atoms with Crippen molar-refractivity contribution in [3.8, 4) is 0 Å². The third kappa shape index (κ3) is 4.00. The van der Waals surface area contributed by atoms with Crippen molar-refractivity contribution in [3.63, 3.8) is 0 Å². The summed E-state index contributed by atoms with van der Waals surface area (Å²) in [7, 11) is 0. The SMILES string of the molecule is CCCNC(=O)C1COCCN1C(CN)c1ccccn1. The number of morpholine rings is 1. The van der Waals surface area contributed by atoms with Crippen LogP contribution in [-0.4, -0.2) is 54.7 Å². The topological polar surface area (TPSA) is 80.5 Å². The van der Waals surface area contributed by atoms with E-state index in [4.69, 9.17) is 10.5 Å². The van der Waals surface area contributed by atoms with E-state index in [-0.39, 0.29) is 18.0 Å². The fraction of sp³-hybridized carbons (Fsp3) is 0.600. The van der Waals surface area contributed by atoms with Crippen LogP contribution >= 0.6 is 0 Å². The number of carbonyl (C=O) groups is 1. The molecule has 0 radical (unpaired) electrons. The Morgan fingerprint density at radius 1 is 1.62 bits per heavy atom. The van der Waals surface area contributed by atoms with Crippen LogP contribution in [0.25, 0.3) is 0 Å². The molecule has 1 aromatic rings. The largest absolute Gasteiger partial charge is 0.378 e. The second kappa shape index (κ2) is 8.07. The molecule has 1 amide bonds. The van der Waals surface area contributed by atoms with Crippen molar-refractivity contribution in [1.82, 2.24) is 15.2 Å². The number of hydrogen-bond donors (Lipinski definition) is 2.